The van der Waals surface area contributed by atoms with Gasteiger partial charge in [-0.25, -0.2) is 14.2 Å². The molecule has 1 saturated heterocycles. The molecule has 1 N–H and O–H groups in total. The maximum absolute atomic E-state index is 13.7. The summed E-state index contributed by atoms with van der Waals surface area (Å²) in [5.74, 6) is -0.606. The van der Waals surface area contributed by atoms with E-state index in [4.69, 9.17) is 9.73 Å². The molecule has 0 spiro atoms. The first-order valence-electron chi connectivity index (χ1n) is 8.86. The van der Waals surface area contributed by atoms with Gasteiger partial charge < -0.3 is 15.0 Å². The monoisotopic (exact) mass is 478 g/mol. The molecule has 29 heavy (non-hydrogen) atoms. The van der Waals surface area contributed by atoms with Gasteiger partial charge in [0.25, 0.3) is 0 Å². The Labute approximate surface area is 178 Å². The third-order valence-corrected chi connectivity index (χ3v) is 6.00. The Morgan fingerprint density at radius 3 is 3.00 bits per heavy atom. The number of esters is 1. The number of hydrogen-bond donors (Lipinski definition) is 1. The summed E-state index contributed by atoms with van der Waals surface area (Å²) in [5.41, 5.74) is 1.54. The van der Waals surface area contributed by atoms with E-state index >= 15 is 0 Å². The van der Waals surface area contributed by atoms with Crippen LogP contribution in [0.4, 0.5) is 4.39 Å². The molecular weight excluding hydrogens is 463 g/mol. The first kappa shape index (κ1) is 19.7. The lowest BCUT2D eigenvalue weighted by Crippen LogP contribution is -2.51. The van der Waals surface area contributed by atoms with Crippen molar-refractivity contribution in [1.29, 1.82) is 0 Å². The first-order valence-corrected chi connectivity index (χ1v) is 10.5. The van der Waals surface area contributed by atoms with Crippen LogP contribution >= 0.6 is 27.3 Å². The second kappa shape index (κ2) is 8.03. The Morgan fingerprint density at radius 2 is 2.31 bits per heavy atom. The molecular formula is C19H16BrFN4O3S. The maximum Gasteiger partial charge on any atom is 0.338 e. The van der Waals surface area contributed by atoms with Crippen LogP contribution in [0.3, 0.4) is 0 Å². The molecule has 150 valence electrons. The van der Waals surface area contributed by atoms with Crippen molar-refractivity contribution in [1.82, 2.24) is 15.2 Å². The topological polar surface area (TPSA) is 83.9 Å². The van der Waals surface area contributed by atoms with Crippen LogP contribution in [0.1, 0.15) is 23.5 Å². The van der Waals surface area contributed by atoms with E-state index in [1.165, 1.54) is 23.5 Å². The van der Waals surface area contributed by atoms with E-state index in [0.29, 0.717) is 32.1 Å². The Bertz CT molecular complexity index is 1040. The lowest BCUT2D eigenvalue weighted by Gasteiger charge is -2.38. The average molecular weight is 479 g/mol. The molecule has 1 fully saturated rings. The first-order chi connectivity index (χ1) is 14.0. The number of amidine groups is 1. The number of piperazine rings is 1. The summed E-state index contributed by atoms with van der Waals surface area (Å²) >= 11 is 4.77. The Balaban J connectivity index is 1.92. The molecule has 1 aromatic carbocycles. The summed E-state index contributed by atoms with van der Waals surface area (Å²) in [6.45, 7) is 2.10. The van der Waals surface area contributed by atoms with E-state index < -0.39 is 17.8 Å². The standard InChI is InChI=1S/C19H16BrFN4O3S/c1-2-28-19(27)15-13-8-23-14(26)9-25(13)17(18-22-5-6-29-18)24-16(15)11-4-3-10(21)7-12(11)20/h3-7,16H,2,8-9H2,1H3,(H,23,26). The van der Waals surface area contributed by atoms with Crippen molar-refractivity contribution in [3.63, 3.8) is 0 Å². The highest BCUT2D eigenvalue weighted by Crippen LogP contribution is 2.39. The maximum atomic E-state index is 13.7. The van der Waals surface area contributed by atoms with E-state index in [-0.39, 0.29) is 25.6 Å². The lowest BCUT2D eigenvalue weighted by atomic mass is 9.94. The van der Waals surface area contributed by atoms with Gasteiger partial charge in [-0.05, 0) is 24.6 Å². The minimum Gasteiger partial charge on any atom is -0.463 e. The van der Waals surface area contributed by atoms with Crippen molar-refractivity contribution in [3.05, 3.63) is 61.9 Å². The molecule has 1 atom stereocenters. The molecule has 0 bridgehead atoms. The summed E-state index contributed by atoms with van der Waals surface area (Å²) in [6, 6.07) is 3.51. The highest BCUT2D eigenvalue weighted by molar-refractivity contribution is 9.10. The third kappa shape index (κ3) is 3.69. The molecule has 7 nitrogen and oxygen atoms in total. The third-order valence-electron chi connectivity index (χ3n) is 4.55. The largest absolute Gasteiger partial charge is 0.463 e. The quantitative estimate of drug-likeness (QED) is 0.683. The van der Waals surface area contributed by atoms with Gasteiger partial charge in [-0.1, -0.05) is 22.0 Å². The number of nitrogens with one attached hydrogen (secondary N) is 1. The van der Waals surface area contributed by atoms with Crippen molar-refractivity contribution in [3.8, 4) is 0 Å². The van der Waals surface area contributed by atoms with Crippen LogP contribution in [-0.2, 0) is 14.3 Å². The molecule has 4 rings (SSSR count). The van der Waals surface area contributed by atoms with Crippen molar-refractivity contribution < 1.29 is 18.7 Å². The van der Waals surface area contributed by atoms with Gasteiger partial charge >= 0.3 is 5.97 Å². The zero-order valence-electron chi connectivity index (χ0n) is 15.3. The van der Waals surface area contributed by atoms with Crippen molar-refractivity contribution >= 4 is 45.0 Å². The second-order valence-electron chi connectivity index (χ2n) is 6.30. The summed E-state index contributed by atoms with van der Waals surface area (Å²) in [6.07, 6.45) is 1.65. The SMILES string of the molecule is CCOC(=O)C1=C2CNC(=O)CN2C(c2nccs2)=NC1c1ccc(F)cc1Br. The van der Waals surface area contributed by atoms with Gasteiger partial charge in [0, 0.05) is 16.0 Å². The van der Waals surface area contributed by atoms with Crippen LogP contribution in [0.5, 0.6) is 0 Å². The molecule has 0 saturated carbocycles. The van der Waals surface area contributed by atoms with E-state index in [9.17, 15) is 14.0 Å². The van der Waals surface area contributed by atoms with Crippen LogP contribution in [0.15, 0.2) is 50.5 Å². The Kier molecular flexibility index (Phi) is 5.46. The van der Waals surface area contributed by atoms with Crippen LogP contribution in [0, 0.1) is 5.82 Å². The number of aromatic nitrogens is 1. The van der Waals surface area contributed by atoms with Gasteiger partial charge in [0.2, 0.25) is 5.91 Å². The van der Waals surface area contributed by atoms with E-state index in [1.54, 1.807) is 24.1 Å². The van der Waals surface area contributed by atoms with Gasteiger partial charge in [0.1, 0.15) is 18.4 Å². The Morgan fingerprint density at radius 1 is 1.48 bits per heavy atom. The molecule has 1 unspecified atom stereocenters. The summed E-state index contributed by atoms with van der Waals surface area (Å²) < 4.78 is 19.4. The van der Waals surface area contributed by atoms with E-state index in [1.807, 2.05) is 5.38 Å². The van der Waals surface area contributed by atoms with Crippen LogP contribution in [0.25, 0.3) is 0 Å². The molecule has 2 aliphatic heterocycles. The number of carbonyl (C=O) groups is 2. The summed E-state index contributed by atoms with van der Waals surface area (Å²) in [5, 5.41) is 5.22. The number of fused-ring (bicyclic) bond motifs is 1. The van der Waals surface area contributed by atoms with E-state index in [0.717, 1.165) is 0 Å². The fraction of sp³-hybridized carbons (Fsp3) is 0.263. The van der Waals surface area contributed by atoms with Crippen molar-refractivity contribution in [2.75, 3.05) is 19.7 Å². The minimum absolute atomic E-state index is 0.0218. The van der Waals surface area contributed by atoms with Gasteiger partial charge in [-0.15, -0.1) is 11.3 Å². The number of ether oxygens (including phenoxy) is 1. The summed E-state index contributed by atoms with van der Waals surface area (Å²) in [7, 11) is 0. The predicted octanol–water partition coefficient (Wildman–Crippen LogP) is 2.80. The Hall–Kier alpha value is -2.59. The molecule has 0 aliphatic carbocycles. The number of halogens is 2. The van der Waals surface area contributed by atoms with Gasteiger partial charge in [0.05, 0.1) is 24.4 Å². The molecule has 1 amide bonds. The lowest BCUT2D eigenvalue weighted by molar-refractivity contribution is -0.139. The number of benzene rings is 1. The highest BCUT2D eigenvalue weighted by atomic mass is 79.9. The van der Waals surface area contributed by atoms with Crippen LogP contribution in [-0.4, -0.2) is 47.3 Å². The molecule has 1 aromatic heterocycles. The normalized spacial score (nSPS) is 18.9. The van der Waals surface area contributed by atoms with Crippen molar-refractivity contribution in [2.45, 2.75) is 13.0 Å². The van der Waals surface area contributed by atoms with Gasteiger partial charge in [-0.3, -0.25) is 9.79 Å². The fourth-order valence-corrected chi connectivity index (χ4v) is 4.53. The minimum atomic E-state index is -0.732. The van der Waals surface area contributed by atoms with Gasteiger partial charge in [0.15, 0.2) is 10.8 Å². The van der Waals surface area contributed by atoms with Crippen molar-refractivity contribution in [2.24, 2.45) is 4.99 Å². The fourth-order valence-electron chi connectivity index (χ4n) is 3.32. The van der Waals surface area contributed by atoms with Gasteiger partial charge in [-0.2, -0.15) is 0 Å². The summed E-state index contributed by atoms with van der Waals surface area (Å²) in [4.78, 5) is 35.8. The molecule has 0 radical (unpaired) electrons. The molecule has 2 aromatic rings. The average Bonchev–Trinajstić information content (AvgIpc) is 3.21. The predicted molar refractivity (Wildman–Crippen MR) is 109 cm³/mol. The highest BCUT2D eigenvalue weighted by Gasteiger charge is 2.40. The zero-order chi connectivity index (χ0) is 20.5. The number of thiazole rings is 1. The van der Waals surface area contributed by atoms with E-state index in [2.05, 4.69) is 26.2 Å². The number of hydrogen-bond acceptors (Lipinski definition) is 7. The smallest absolute Gasteiger partial charge is 0.338 e. The number of nitrogens with zero attached hydrogens (tertiary/aromatic N) is 3. The zero-order valence-corrected chi connectivity index (χ0v) is 17.7. The molecule has 10 heteroatoms. The number of aliphatic imine (C=N–C) groups is 1. The molecule has 3 heterocycles. The number of rotatable bonds is 4. The number of amides is 1. The van der Waals surface area contributed by atoms with Crippen LogP contribution < -0.4 is 5.32 Å². The molecule has 2 aliphatic rings. The number of carbonyl (C=O) groups excluding carboxylic acids is 2. The van der Waals surface area contributed by atoms with Crippen LogP contribution in [0.2, 0.25) is 0 Å². The second-order valence-corrected chi connectivity index (χ2v) is 8.05.